The zero-order valence-electron chi connectivity index (χ0n) is 27.1. The van der Waals surface area contributed by atoms with Crippen molar-refractivity contribution in [3.63, 3.8) is 0 Å². The van der Waals surface area contributed by atoms with E-state index in [9.17, 15) is 22.8 Å². The standard InChI is InChI=1S/C36H46F3NO6/c1-4-6-29(40(23(2)3)31(42)36(37,38)39)24-7-5-8-25(21-24)43-18-17-32-13-12-28-26(27(32)9-10-30(32)41)11-14-33-22-34(44-19-20-45-34)15-16-35(28,33)46-33/h5,7-8,12,21,23,26-27,29H,4,6,9-11,13-20,22H2,1-3H3/t26?,27?,29?,32-,33?,35?/m1/s1. The average molecular weight is 646 g/mol. The van der Waals surface area contributed by atoms with E-state index in [-0.39, 0.29) is 17.1 Å². The lowest BCUT2D eigenvalue weighted by molar-refractivity contribution is -0.190. The zero-order valence-corrected chi connectivity index (χ0v) is 27.1. The molecule has 1 amide bonds. The van der Waals surface area contributed by atoms with E-state index in [0.29, 0.717) is 74.9 Å². The van der Waals surface area contributed by atoms with Crippen LogP contribution < -0.4 is 4.74 Å². The van der Waals surface area contributed by atoms with Gasteiger partial charge < -0.3 is 23.8 Å². The van der Waals surface area contributed by atoms with Crippen molar-refractivity contribution in [3.8, 4) is 5.75 Å². The number of amides is 1. The highest BCUT2D eigenvalue weighted by Crippen LogP contribution is 2.73. The highest BCUT2D eigenvalue weighted by atomic mass is 19.4. The zero-order chi connectivity index (χ0) is 32.5. The van der Waals surface area contributed by atoms with Crippen LogP contribution in [0.4, 0.5) is 13.2 Å². The number of Topliss-reactive ketones (excluding diaryl/α,β-unsaturated/α-hetero) is 1. The van der Waals surface area contributed by atoms with Crippen molar-refractivity contribution >= 4 is 11.7 Å². The van der Waals surface area contributed by atoms with Gasteiger partial charge in [0, 0.05) is 30.7 Å². The third-order valence-electron chi connectivity index (χ3n) is 12.1. The minimum absolute atomic E-state index is 0.208. The van der Waals surface area contributed by atoms with Crippen molar-refractivity contribution in [3.05, 3.63) is 41.5 Å². The van der Waals surface area contributed by atoms with Crippen molar-refractivity contribution in [2.45, 2.75) is 127 Å². The number of hydrogen-bond donors (Lipinski definition) is 0. The number of allylic oxidation sites excluding steroid dienone is 1. The third-order valence-corrected chi connectivity index (χ3v) is 12.1. The van der Waals surface area contributed by atoms with Gasteiger partial charge in [0.15, 0.2) is 5.79 Å². The maximum Gasteiger partial charge on any atom is 0.471 e. The maximum absolute atomic E-state index is 13.6. The number of rotatable bonds is 9. The van der Waals surface area contributed by atoms with Crippen LogP contribution in [0.3, 0.4) is 0 Å². The first-order valence-electron chi connectivity index (χ1n) is 17.2. The Hall–Kier alpha value is -2.43. The number of epoxide rings is 1. The van der Waals surface area contributed by atoms with Crippen LogP contribution in [0.15, 0.2) is 35.9 Å². The Bertz CT molecular complexity index is 1400. The summed E-state index contributed by atoms with van der Waals surface area (Å²) in [5.41, 5.74) is 1.10. The number of hydrogen-bond acceptors (Lipinski definition) is 6. The van der Waals surface area contributed by atoms with Crippen LogP contribution in [0, 0.1) is 17.3 Å². The Balaban J connectivity index is 1.06. The molecule has 252 valence electrons. The minimum atomic E-state index is -4.95. The Morgan fingerprint density at radius 3 is 2.63 bits per heavy atom. The van der Waals surface area contributed by atoms with Crippen molar-refractivity contribution in [2.24, 2.45) is 17.3 Å². The molecule has 5 fully saturated rings. The smallest absolute Gasteiger partial charge is 0.471 e. The van der Waals surface area contributed by atoms with Gasteiger partial charge in [0.2, 0.25) is 0 Å². The molecule has 3 saturated carbocycles. The number of fused-ring (bicyclic) bond motifs is 3. The van der Waals surface area contributed by atoms with Crippen LogP contribution in [0.25, 0.3) is 0 Å². The number of nitrogens with zero attached hydrogens (tertiary/aromatic N) is 1. The number of benzene rings is 1. The molecule has 0 radical (unpaired) electrons. The van der Waals surface area contributed by atoms with Gasteiger partial charge in [0.05, 0.1) is 25.9 Å². The molecule has 0 bridgehead atoms. The molecule has 0 N–H and O–H groups in total. The summed E-state index contributed by atoms with van der Waals surface area (Å²) in [5.74, 6) is -0.905. The van der Waals surface area contributed by atoms with Crippen molar-refractivity contribution in [1.82, 2.24) is 4.90 Å². The number of alkyl halides is 3. The summed E-state index contributed by atoms with van der Waals surface area (Å²) in [4.78, 5) is 27.0. The van der Waals surface area contributed by atoms with Crippen LogP contribution in [0.1, 0.15) is 103 Å². The molecule has 46 heavy (non-hydrogen) atoms. The lowest BCUT2D eigenvalue weighted by atomic mass is 9.53. The van der Waals surface area contributed by atoms with Crippen LogP contribution >= 0.6 is 0 Å². The second-order valence-electron chi connectivity index (χ2n) is 14.7. The molecule has 1 aromatic carbocycles. The first-order chi connectivity index (χ1) is 21.9. The van der Waals surface area contributed by atoms with E-state index in [1.807, 2.05) is 6.92 Å². The van der Waals surface area contributed by atoms with E-state index in [0.717, 1.165) is 43.4 Å². The van der Waals surface area contributed by atoms with Gasteiger partial charge in [-0.05, 0) is 93.9 Å². The lowest BCUT2D eigenvalue weighted by Gasteiger charge is -2.49. The Kier molecular flexibility index (Phi) is 7.92. The first-order valence-corrected chi connectivity index (χ1v) is 17.2. The topological polar surface area (TPSA) is 77.6 Å². The van der Waals surface area contributed by atoms with Crippen LogP contribution in [-0.2, 0) is 23.8 Å². The molecule has 6 aliphatic rings. The minimum Gasteiger partial charge on any atom is -0.494 e. The second-order valence-corrected chi connectivity index (χ2v) is 14.7. The first kappa shape index (κ1) is 32.1. The Morgan fingerprint density at radius 1 is 1.13 bits per heavy atom. The molecular formula is C36H46F3NO6. The highest BCUT2D eigenvalue weighted by molar-refractivity contribution is 5.88. The molecular weight excluding hydrogens is 599 g/mol. The van der Waals surface area contributed by atoms with Crippen molar-refractivity contribution < 1.29 is 41.7 Å². The molecule has 4 aliphatic carbocycles. The molecule has 7 rings (SSSR count). The summed E-state index contributed by atoms with van der Waals surface area (Å²) in [6, 6.07) is 5.71. The summed E-state index contributed by atoms with van der Waals surface area (Å²) in [5, 5.41) is 0. The normalized spacial score (nSPS) is 34.8. The van der Waals surface area contributed by atoms with E-state index in [4.69, 9.17) is 18.9 Å². The largest absolute Gasteiger partial charge is 0.494 e. The number of carbonyl (C=O) groups is 2. The Morgan fingerprint density at radius 2 is 1.91 bits per heavy atom. The van der Waals surface area contributed by atoms with Crippen LogP contribution in [0.2, 0.25) is 0 Å². The predicted octanol–water partition coefficient (Wildman–Crippen LogP) is 7.24. The lowest BCUT2D eigenvalue weighted by Crippen LogP contribution is -2.52. The molecule has 1 spiro atoms. The van der Waals surface area contributed by atoms with Gasteiger partial charge in [0.1, 0.15) is 22.7 Å². The SMILES string of the molecule is CCCC(c1cccc(OCC[C@]23CC=C4C(CCC56CC7(CCC45O6)OCCO7)C2CCC3=O)c1)N(C(=O)C(F)(F)F)C(C)C. The van der Waals surface area contributed by atoms with Gasteiger partial charge in [-0.3, -0.25) is 9.59 Å². The van der Waals surface area contributed by atoms with E-state index in [2.05, 4.69) is 6.08 Å². The fraction of sp³-hybridized carbons (Fsp3) is 0.722. The molecule has 5 unspecified atom stereocenters. The molecule has 2 heterocycles. The van der Waals surface area contributed by atoms with E-state index >= 15 is 0 Å². The summed E-state index contributed by atoms with van der Waals surface area (Å²) < 4.78 is 65.7. The van der Waals surface area contributed by atoms with Crippen molar-refractivity contribution in [2.75, 3.05) is 19.8 Å². The monoisotopic (exact) mass is 645 g/mol. The summed E-state index contributed by atoms with van der Waals surface area (Å²) in [6.07, 6.45) is 5.58. The Labute approximate surface area is 269 Å². The fourth-order valence-electron chi connectivity index (χ4n) is 10.2. The van der Waals surface area contributed by atoms with Crippen molar-refractivity contribution in [1.29, 1.82) is 0 Å². The van der Waals surface area contributed by atoms with Crippen LogP contribution in [0.5, 0.6) is 5.75 Å². The number of ether oxygens (including phenoxy) is 4. The molecule has 1 aromatic rings. The number of halogens is 3. The van der Waals surface area contributed by atoms with Gasteiger partial charge in [0.25, 0.3) is 0 Å². The third kappa shape index (κ3) is 4.95. The molecule has 2 aliphatic heterocycles. The second kappa shape index (κ2) is 11.3. The van der Waals surface area contributed by atoms with Gasteiger partial charge >= 0.3 is 12.1 Å². The average Bonchev–Trinajstić information content (AvgIpc) is 3.30. The quantitative estimate of drug-likeness (QED) is 0.208. The highest BCUT2D eigenvalue weighted by Gasteiger charge is 2.79. The van der Waals surface area contributed by atoms with E-state index in [1.54, 1.807) is 38.1 Å². The predicted molar refractivity (Wildman–Crippen MR) is 163 cm³/mol. The van der Waals surface area contributed by atoms with Gasteiger partial charge in [-0.1, -0.05) is 31.6 Å². The molecule has 2 saturated heterocycles. The molecule has 0 aromatic heterocycles. The van der Waals surface area contributed by atoms with Crippen LogP contribution in [-0.4, -0.2) is 65.6 Å². The summed E-state index contributed by atoms with van der Waals surface area (Å²) in [7, 11) is 0. The molecule has 7 nitrogen and oxygen atoms in total. The number of carbonyl (C=O) groups excluding carboxylic acids is 2. The fourth-order valence-corrected chi connectivity index (χ4v) is 10.2. The molecule has 10 heteroatoms. The number of ketones is 1. The van der Waals surface area contributed by atoms with Gasteiger partial charge in [-0.2, -0.15) is 13.2 Å². The van der Waals surface area contributed by atoms with E-state index in [1.165, 1.54) is 5.57 Å². The van der Waals surface area contributed by atoms with E-state index < -0.39 is 35.4 Å². The maximum atomic E-state index is 13.6. The molecule has 6 atom stereocenters. The van der Waals surface area contributed by atoms with Gasteiger partial charge in [-0.25, -0.2) is 0 Å². The van der Waals surface area contributed by atoms with Gasteiger partial charge in [-0.15, -0.1) is 0 Å². The summed E-state index contributed by atoms with van der Waals surface area (Å²) >= 11 is 0. The summed E-state index contributed by atoms with van der Waals surface area (Å²) in [6.45, 7) is 6.72.